The van der Waals surface area contributed by atoms with E-state index >= 15 is 0 Å². The molecule has 1 saturated carbocycles. The van der Waals surface area contributed by atoms with E-state index < -0.39 is 27.4 Å². The SMILES string of the molecule is Cc1ccc(S(=O)(=O)O[C@H]2[C@@H](C)[C@@H](C)[C@@]3(O)CCO[C@@]23C)cc1. The highest BCUT2D eigenvalue weighted by Crippen LogP contribution is 2.55. The second-order valence-corrected chi connectivity index (χ2v) is 8.63. The zero-order valence-electron chi connectivity index (χ0n) is 13.9. The zero-order valence-corrected chi connectivity index (χ0v) is 14.8. The van der Waals surface area contributed by atoms with Crippen molar-refractivity contribution in [2.45, 2.75) is 56.3 Å². The van der Waals surface area contributed by atoms with Gasteiger partial charge in [-0.3, -0.25) is 4.18 Å². The highest BCUT2D eigenvalue weighted by molar-refractivity contribution is 7.86. The Labute approximate surface area is 137 Å². The summed E-state index contributed by atoms with van der Waals surface area (Å²) in [7, 11) is -3.91. The summed E-state index contributed by atoms with van der Waals surface area (Å²) < 4.78 is 36.6. The molecule has 0 bridgehead atoms. The van der Waals surface area contributed by atoms with E-state index in [4.69, 9.17) is 8.92 Å². The van der Waals surface area contributed by atoms with Crippen LogP contribution in [0.5, 0.6) is 0 Å². The van der Waals surface area contributed by atoms with E-state index in [1.807, 2.05) is 20.8 Å². The normalized spacial score (nSPS) is 40.3. The van der Waals surface area contributed by atoms with E-state index in [0.717, 1.165) is 5.56 Å². The zero-order chi connectivity index (χ0) is 17.0. The first-order valence-electron chi connectivity index (χ1n) is 7.98. The Morgan fingerprint density at radius 3 is 2.48 bits per heavy atom. The molecule has 2 aliphatic rings. The molecule has 5 nitrogen and oxygen atoms in total. The highest BCUT2D eigenvalue weighted by atomic mass is 32.2. The maximum atomic E-state index is 12.6. The number of benzene rings is 1. The molecule has 0 spiro atoms. The second-order valence-electron chi connectivity index (χ2n) is 7.06. The minimum absolute atomic E-state index is 0.104. The number of hydrogen-bond donors (Lipinski definition) is 1. The molecule has 1 aromatic rings. The highest BCUT2D eigenvalue weighted by Gasteiger charge is 2.69. The van der Waals surface area contributed by atoms with E-state index in [9.17, 15) is 13.5 Å². The maximum absolute atomic E-state index is 12.6. The van der Waals surface area contributed by atoms with Crippen LogP contribution in [-0.2, 0) is 19.0 Å². The molecule has 0 amide bonds. The third-order valence-corrected chi connectivity index (χ3v) is 7.16. The van der Waals surface area contributed by atoms with Crippen LogP contribution < -0.4 is 0 Å². The minimum Gasteiger partial charge on any atom is -0.386 e. The predicted molar refractivity (Wildman–Crippen MR) is 85.5 cm³/mol. The van der Waals surface area contributed by atoms with Crippen molar-refractivity contribution >= 4 is 10.1 Å². The van der Waals surface area contributed by atoms with Crippen molar-refractivity contribution in [1.82, 2.24) is 0 Å². The monoisotopic (exact) mass is 340 g/mol. The lowest BCUT2D eigenvalue weighted by molar-refractivity contribution is -0.134. The van der Waals surface area contributed by atoms with Crippen molar-refractivity contribution in [2.24, 2.45) is 11.8 Å². The Balaban J connectivity index is 1.94. The van der Waals surface area contributed by atoms with Crippen molar-refractivity contribution in [1.29, 1.82) is 0 Å². The molecule has 1 N–H and O–H groups in total. The number of fused-ring (bicyclic) bond motifs is 1. The summed E-state index contributed by atoms with van der Waals surface area (Å²) in [6.45, 7) is 7.90. The minimum atomic E-state index is -3.91. The van der Waals surface area contributed by atoms with Gasteiger partial charge in [0.1, 0.15) is 17.3 Å². The number of ether oxygens (including phenoxy) is 1. The fourth-order valence-electron chi connectivity index (χ4n) is 4.08. The van der Waals surface area contributed by atoms with Crippen LogP contribution in [0.25, 0.3) is 0 Å². The van der Waals surface area contributed by atoms with Crippen molar-refractivity contribution < 1.29 is 22.4 Å². The van der Waals surface area contributed by atoms with Gasteiger partial charge in [0.05, 0.1) is 11.5 Å². The van der Waals surface area contributed by atoms with Gasteiger partial charge in [-0.05, 0) is 37.8 Å². The summed E-state index contributed by atoms with van der Waals surface area (Å²) in [5, 5.41) is 11.0. The van der Waals surface area contributed by atoms with Crippen LogP contribution in [0.4, 0.5) is 0 Å². The molecule has 5 atom stereocenters. The van der Waals surface area contributed by atoms with Gasteiger partial charge in [-0.2, -0.15) is 8.42 Å². The molecule has 2 fully saturated rings. The molecular weight excluding hydrogens is 316 g/mol. The molecule has 0 aromatic heterocycles. The molecule has 1 saturated heterocycles. The molecule has 1 heterocycles. The smallest absolute Gasteiger partial charge is 0.297 e. The average Bonchev–Trinajstić information content (AvgIpc) is 2.86. The van der Waals surface area contributed by atoms with Crippen molar-refractivity contribution in [2.75, 3.05) is 6.61 Å². The lowest BCUT2D eigenvalue weighted by Gasteiger charge is -2.36. The van der Waals surface area contributed by atoms with Crippen molar-refractivity contribution in [3.63, 3.8) is 0 Å². The molecule has 1 aliphatic carbocycles. The molecule has 23 heavy (non-hydrogen) atoms. The van der Waals surface area contributed by atoms with Gasteiger partial charge in [0, 0.05) is 6.42 Å². The molecule has 3 rings (SSSR count). The molecule has 1 aliphatic heterocycles. The summed E-state index contributed by atoms with van der Waals surface area (Å²) in [5.41, 5.74) is -1.09. The number of aryl methyl sites for hydroxylation is 1. The lowest BCUT2D eigenvalue weighted by Crippen LogP contribution is -2.53. The fraction of sp³-hybridized carbons (Fsp3) is 0.647. The Morgan fingerprint density at radius 2 is 1.87 bits per heavy atom. The van der Waals surface area contributed by atoms with Crippen molar-refractivity contribution in [3.05, 3.63) is 29.8 Å². The molecular formula is C17H24O5S. The predicted octanol–water partition coefficient (Wildman–Crippen LogP) is 2.26. The summed E-state index contributed by atoms with van der Waals surface area (Å²) in [4.78, 5) is 0.125. The van der Waals surface area contributed by atoms with Crippen LogP contribution >= 0.6 is 0 Å². The van der Waals surface area contributed by atoms with Gasteiger partial charge in [-0.1, -0.05) is 31.5 Å². The first kappa shape index (κ1) is 16.9. The first-order valence-corrected chi connectivity index (χ1v) is 9.39. The summed E-state index contributed by atoms with van der Waals surface area (Å²) in [6, 6.07) is 6.55. The van der Waals surface area contributed by atoms with E-state index in [-0.39, 0.29) is 16.7 Å². The molecule has 0 unspecified atom stereocenters. The van der Waals surface area contributed by atoms with Crippen LogP contribution in [-0.4, -0.2) is 37.4 Å². The fourth-order valence-corrected chi connectivity index (χ4v) is 5.29. The topological polar surface area (TPSA) is 72.8 Å². The second kappa shape index (κ2) is 5.28. The van der Waals surface area contributed by atoms with Crippen LogP contribution in [0, 0.1) is 18.8 Å². The van der Waals surface area contributed by atoms with Gasteiger partial charge in [0.2, 0.25) is 0 Å². The Bertz CT molecular complexity index is 698. The summed E-state index contributed by atoms with van der Waals surface area (Å²) in [5.74, 6) is -0.237. The molecule has 1 aromatic carbocycles. The lowest BCUT2D eigenvalue weighted by atomic mass is 9.81. The standard InChI is InChI=1S/C17H24O5S/c1-11-5-7-14(8-6-11)23(19,20)22-15-12(2)13(3)17(18)9-10-21-16(15,17)4/h5-8,12-13,15,18H,9-10H2,1-4H3/t12-,13+,15-,16-,17-/m0/s1. The number of aliphatic hydroxyl groups is 1. The van der Waals surface area contributed by atoms with Gasteiger partial charge in [0.15, 0.2) is 0 Å². The van der Waals surface area contributed by atoms with E-state index in [2.05, 4.69) is 0 Å². The van der Waals surface area contributed by atoms with E-state index in [1.165, 1.54) is 12.1 Å². The van der Waals surface area contributed by atoms with E-state index in [0.29, 0.717) is 13.0 Å². The van der Waals surface area contributed by atoms with Gasteiger partial charge < -0.3 is 9.84 Å². The van der Waals surface area contributed by atoms with Crippen LogP contribution in [0.15, 0.2) is 29.2 Å². The number of hydrogen-bond acceptors (Lipinski definition) is 5. The van der Waals surface area contributed by atoms with Crippen LogP contribution in [0.1, 0.15) is 32.8 Å². The third kappa shape index (κ3) is 2.35. The Kier molecular flexibility index (Phi) is 3.87. The van der Waals surface area contributed by atoms with Gasteiger partial charge in [0.25, 0.3) is 10.1 Å². The van der Waals surface area contributed by atoms with E-state index in [1.54, 1.807) is 19.1 Å². The van der Waals surface area contributed by atoms with Crippen molar-refractivity contribution in [3.8, 4) is 0 Å². The quantitative estimate of drug-likeness (QED) is 0.855. The van der Waals surface area contributed by atoms with Crippen LogP contribution in [0.3, 0.4) is 0 Å². The number of rotatable bonds is 3. The maximum Gasteiger partial charge on any atom is 0.297 e. The summed E-state index contributed by atoms with van der Waals surface area (Å²) >= 11 is 0. The third-order valence-electron chi connectivity index (χ3n) is 5.85. The molecule has 0 radical (unpaired) electrons. The van der Waals surface area contributed by atoms with Gasteiger partial charge in [-0.15, -0.1) is 0 Å². The Hall–Kier alpha value is -0.950. The van der Waals surface area contributed by atoms with Gasteiger partial charge >= 0.3 is 0 Å². The summed E-state index contributed by atoms with van der Waals surface area (Å²) in [6.07, 6.45) is -0.212. The van der Waals surface area contributed by atoms with Crippen LogP contribution in [0.2, 0.25) is 0 Å². The van der Waals surface area contributed by atoms with Gasteiger partial charge in [-0.25, -0.2) is 0 Å². The largest absolute Gasteiger partial charge is 0.386 e. The first-order chi connectivity index (χ1) is 10.6. The Morgan fingerprint density at radius 1 is 1.26 bits per heavy atom. The average molecular weight is 340 g/mol. The molecule has 6 heteroatoms. The molecule has 128 valence electrons.